The van der Waals surface area contributed by atoms with E-state index in [0.29, 0.717) is 11.3 Å². The van der Waals surface area contributed by atoms with E-state index < -0.39 is 23.5 Å². The van der Waals surface area contributed by atoms with Crippen LogP contribution in [0.5, 0.6) is 0 Å². The number of hydrogen-bond acceptors (Lipinski definition) is 6. The summed E-state index contributed by atoms with van der Waals surface area (Å²) < 4.78 is 58.1. The molecule has 1 aliphatic carbocycles. The molecular weight excluding hydrogens is 438 g/mol. The molecule has 11 heteroatoms. The number of aromatic nitrogens is 5. The average Bonchev–Trinajstić information content (AvgIpc) is 3.21. The Morgan fingerprint density at radius 3 is 2.45 bits per heavy atom. The van der Waals surface area contributed by atoms with Gasteiger partial charge in [0.05, 0.1) is 28.6 Å². The van der Waals surface area contributed by atoms with Crippen LogP contribution in [0, 0.1) is 17.3 Å². The largest absolute Gasteiger partial charge is 0.368 e. The first kappa shape index (κ1) is 21.3. The van der Waals surface area contributed by atoms with Crippen molar-refractivity contribution in [3.63, 3.8) is 0 Å². The Morgan fingerprint density at radius 1 is 1.18 bits per heavy atom. The molecule has 0 amide bonds. The number of pyridine rings is 2. The summed E-state index contributed by atoms with van der Waals surface area (Å²) in [7, 11) is 1.67. The van der Waals surface area contributed by atoms with Crippen LogP contribution in [0.3, 0.4) is 0 Å². The fourth-order valence-corrected chi connectivity index (χ4v) is 4.39. The highest BCUT2D eigenvalue weighted by Crippen LogP contribution is 2.56. The molecule has 4 heterocycles. The summed E-state index contributed by atoms with van der Waals surface area (Å²) in [5.74, 6) is -4.40. The van der Waals surface area contributed by atoms with Gasteiger partial charge in [0.15, 0.2) is 11.5 Å². The number of anilines is 1. The van der Waals surface area contributed by atoms with Crippen LogP contribution < -0.4 is 4.90 Å². The lowest BCUT2D eigenvalue weighted by atomic mass is 9.91. The number of alkyl halides is 3. The molecule has 1 saturated carbocycles. The third-order valence-electron chi connectivity index (χ3n) is 6.30. The highest BCUT2D eigenvalue weighted by atomic mass is 19.3. The fraction of sp³-hybridized carbons (Fsp3) is 0.409. The lowest BCUT2D eigenvalue weighted by Gasteiger charge is -2.38. The van der Waals surface area contributed by atoms with Crippen LogP contribution in [0.15, 0.2) is 30.7 Å². The van der Waals surface area contributed by atoms with Gasteiger partial charge in [-0.25, -0.2) is 23.1 Å². The zero-order chi connectivity index (χ0) is 23.4. The van der Waals surface area contributed by atoms with Gasteiger partial charge in [-0.05, 0) is 18.2 Å². The Balaban J connectivity index is 1.55. The number of halogens is 4. The highest BCUT2D eigenvalue weighted by Gasteiger charge is 2.58. The number of rotatable bonds is 4. The molecule has 2 aliphatic rings. The van der Waals surface area contributed by atoms with E-state index in [0.717, 1.165) is 6.07 Å². The van der Waals surface area contributed by atoms with Gasteiger partial charge in [-0.1, -0.05) is 0 Å². The van der Waals surface area contributed by atoms with Crippen molar-refractivity contribution in [3.05, 3.63) is 53.8 Å². The van der Waals surface area contributed by atoms with Gasteiger partial charge in [0.2, 0.25) is 5.95 Å². The van der Waals surface area contributed by atoms with Gasteiger partial charge in [-0.2, -0.15) is 9.65 Å². The van der Waals surface area contributed by atoms with Gasteiger partial charge in [-0.15, -0.1) is 10.2 Å². The third-order valence-corrected chi connectivity index (χ3v) is 6.30. The second-order valence-corrected chi connectivity index (χ2v) is 8.51. The Morgan fingerprint density at radius 2 is 1.91 bits per heavy atom. The van der Waals surface area contributed by atoms with Crippen LogP contribution in [0.1, 0.15) is 42.3 Å². The quantitative estimate of drug-likeness (QED) is 0.437. The molecule has 1 atom stereocenters. The zero-order valence-electron chi connectivity index (χ0n) is 17.6. The Labute approximate surface area is 186 Å². The Kier molecular flexibility index (Phi) is 4.84. The smallest absolute Gasteiger partial charge is 0.257 e. The summed E-state index contributed by atoms with van der Waals surface area (Å²) >= 11 is 0. The summed E-state index contributed by atoms with van der Waals surface area (Å²) in [4.78, 5) is 9.92. The highest BCUT2D eigenvalue weighted by molar-refractivity contribution is 5.80. The number of piperidine rings is 1. The predicted molar refractivity (Wildman–Crippen MR) is 110 cm³/mol. The molecule has 0 radical (unpaired) electrons. The second-order valence-electron chi connectivity index (χ2n) is 8.51. The van der Waals surface area contributed by atoms with E-state index in [1.807, 2.05) is 4.90 Å². The van der Waals surface area contributed by atoms with Crippen LogP contribution in [0.25, 0.3) is 11.3 Å². The normalized spacial score (nSPS) is 21.0. The Bertz CT molecular complexity index is 1240. The minimum atomic E-state index is -2.87. The first-order valence-electron chi connectivity index (χ1n) is 10.4. The van der Waals surface area contributed by atoms with Crippen LogP contribution in [0.4, 0.5) is 23.2 Å². The van der Waals surface area contributed by atoms with Gasteiger partial charge in [-0.3, -0.25) is 0 Å². The van der Waals surface area contributed by atoms with Crippen molar-refractivity contribution in [2.24, 2.45) is 7.05 Å². The molecule has 5 rings (SSSR count). The van der Waals surface area contributed by atoms with E-state index in [9.17, 15) is 18.4 Å². The van der Waals surface area contributed by atoms with Gasteiger partial charge in [0.25, 0.3) is 5.92 Å². The van der Waals surface area contributed by atoms with Crippen molar-refractivity contribution < 1.29 is 17.6 Å². The van der Waals surface area contributed by atoms with E-state index in [1.54, 1.807) is 7.05 Å². The molecule has 0 bridgehead atoms. The van der Waals surface area contributed by atoms with Crippen LogP contribution in [0.2, 0.25) is 0 Å². The molecule has 0 N–H and O–H groups in total. The second kappa shape index (κ2) is 7.50. The maximum absolute atomic E-state index is 15.6. The van der Waals surface area contributed by atoms with E-state index in [2.05, 4.69) is 26.2 Å². The lowest BCUT2D eigenvalue weighted by Crippen LogP contribution is -2.42. The molecule has 3 aromatic rings. The third kappa shape index (κ3) is 3.69. The number of hydrogen-bond donors (Lipinski definition) is 0. The minimum Gasteiger partial charge on any atom is -0.368 e. The van der Waals surface area contributed by atoms with Crippen molar-refractivity contribution in [3.8, 4) is 17.3 Å². The molecule has 0 spiro atoms. The first-order valence-corrected chi connectivity index (χ1v) is 10.4. The maximum Gasteiger partial charge on any atom is 0.257 e. The summed E-state index contributed by atoms with van der Waals surface area (Å²) in [6, 6.07) is 6.04. The number of nitrogens with zero attached hydrogens (tertiary/aromatic N) is 7. The van der Waals surface area contributed by atoms with Crippen molar-refractivity contribution in [2.45, 2.75) is 36.8 Å². The molecule has 2 fully saturated rings. The molecule has 1 saturated heterocycles. The molecule has 1 aliphatic heterocycles. The monoisotopic (exact) mass is 457 g/mol. The summed E-state index contributed by atoms with van der Waals surface area (Å²) in [6.45, 7) is 0.473. The summed E-state index contributed by atoms with van der Waals surface area (Å²) in [6.07, 6.45) is 2.53. The lowest BCUT2D eigenvalue weighted by molar-refractivity contribution is 0.109. The van der Waals surface area contributed by atoms with Crippen LogP contribution >= 0.6 is 0 Å². The predicted octanol–water partition coefficient (Wildman–Crippen LogP) is 3.87. The van der Waals surface area contributed by atoms with Gasteiger partial charge in [0.1, 0.15) is 12.4 Å². The zero-order valence-corrected chi connectivity index (χ0v) is 17.6. The van der Waals surface area contributed by atoms with Crippen molar-refractivity contribution in [2.75, 3.05) is 18.0 Å². The minimum absolute atomic E-state index is 0.0912. The topological polar surface area (TPSA) is 83.5 Å². The summed E-state index contributed by atoms with van der Waals surface area (Å²) in [5.41, 5.74) is -0.375. The molecule has 3 aromatic heterocycles. The van der Waals surface area contributed by atoms with Crippen LogP contribution in [-0.4, -0.2) is 43.7 Å². The van der Waals surface area contributed by atoms with E-state index in [1.165, 1.54) is 29.2 Å². The molecule has 1 unspecified atom stereocenters. The van der Waals surface area contributed by atoms with Gasteiger partial charge >= 0.3 is 0 Å². The molecule has 33 heavy (non-hydrogen) atoms. The standard InChI is InChI=1S/C22H19F4N7/c1-32-12-29-31-20(32)21(24)4-6-33(7-5-21)19-14(10-27)8-16(15-9-22(15,25)26)30-18(19)13-2-3-17(23)28-11-13/h2-3,8,11-12,15H,4-7,9H2,1H3. The summed E-state index contributed by atoms with van der Waals surface area (Å²) in [5, 5.41) is 17.5. The van der Waals surface area contributed by atoms with E-state index >= 15 is 4.39 Å². The molecular formula is C22H19F4N7. The maximum atomic E-state index is 15.6. The van der Waals surface area contributed by atoms with Gasteiger partial charge in [0, 0.05) is 51.2 Å². The molecule has 0 aromatic carbocycles. The van der Waals surface area contributed by atoms with Crippen molar-refractivity contribution in [1.82, 2.24) is 24.7 Å². The first-order chi connectivity index (χ1) is 15.7. The average molecular weight is 457 g/mol. The van der Waals surface area contributed by atoms with Crippen molar-refractivity contribution >= 4 is 5.69 Å². The molecule has 7 nitrogen and oxygen atoms in total. The fourth-order valence-electron chi connectivity index (χ4n) is 4.39. The van der Waals surface area contributed by atoms with Crippen LogP contribution in [-0.2, 0) is 12.7 Å². The van der Waals surface area contributed by atoms with E-state index in [4.69, 9.17) is 0 Å². The SMILES string of the molecule is Cn1cnnc1C1(F)CCN(c2c(C#N)cc(C3CC3(F)F)nc2-c2ccc(F)nc2)CC1. The van der Waals surface area contributed by atoms with Crippen molar-refractivity contribution in [1.29, 1.82) is 5.26 Å². The Hall–Kier alpha value is -3.55. The van der Waals surface area contributed by atoms with E-state index in [-0.39, 0.29) is 55.1 Å². The van der Waals surface area contributed by atoms with Gasteiger partial charge < -0.3 is 9.47 Å². The molecule has 170 valence electrons. The number of aryl methyl sites for hydroxylation is 1. The number of nitriles is 1.